The number of hydrogen-bond donors (Lipinski definition) is 2. The molecule has 1 aliphatic rings. The van der Waals surface area contributed by atoms with E-state index in [0.29, 0.717) is 11.4 Å². The van der Waals surface area contributed by atoms with Crippen molar-refractivity contribution >= 4 is 42.5 Å². The summed E-state index contributed by atoms with van der Waals surface area (Å²) in [6, 6.07) is 17.3. The highest BCUT2D eigenvalue weighted by Gasteiger charge is 2.68. The molecule has 4 rings (SSSR count). The number of nitrogens with one attached hydrogen (secondary N) is 2. The van der Waals surface area contributed by atoms with Crippen LogP contribution in [0.2, 0.25) is 0 Å². The number of methoxy groups -OCH3 is 1. The minimum atomic E-state index is -4.59. The zero-order valence-corrected chi connectivity index (χ0v) is 23.4. The molecule has 12 nitrogen and oxygen atoms in total. The lowest BCUT2D eigenvalue weighted by Crippen LogP contribution is -2.58. The molecule has 3 aromatic rings. The van der Waals surface area contributed by atoms with Crippen LogP contribution in [0.1, 0.15) is 37.0 Å². The standard InChI is InChI=1S/C27H30N5O7P/c1-5-37-24(33)21-20-22(32(31-21)19-16-12-9-13-17-19)23(28)27(26(34)36-4,40(35,38-6-2)39-7-3)25(30-20)29-18-14-10-8-11-15-18/h8-17,28H,5-7H2,1-4H3,(H,29,30). The Morgan fingerprint density at radius 3 is 2.12 bits per heavy atom. The van der Waals surface area contributed by atoms with E-state index in [1.165, 1.54) is 4.68 Å². The van der Waals surface area contributed by atoms with Crippen molar-refractivity contribution in [3.63, 3.8) is 0 Å². The van der Waals surface area contributed by atoms with Gasteiger partial charge in [0.25, 0.3) is 5.16 Å². The number of benzene rings is 2. The molecule has 13 heteroatoms. The average Bonchev–Trinajstić information content (AvgIpc) is 3.34. The fourth-order valence-electron chi connectivity index (χ4n) is 4.39. The molecule has 0 bridgehead atoms. The van der Waals surface area contributed by atoms with Crippen molar-refractivity contribution in [2.24, 2.45) is 4.99 Å². The molecule has 1 unspecified atom stereocenters. The normalized spacial score (nSPS) is 16.6. The molecule has 0 spiro atoms. The molecule has 0 fully saturated rings. The Hall–Kier alpha value is -4.12. The maximum absolute atomic E-state index is 14.7. The fraction of sp³-hybridized carbons (Fsp3) is 0.296. The number of aliphatic imine (C=N–C) groups is 1. The lowest BCUT2D eigenvalue weighted by molar-refractivity contribution is -0.140. The van der Waals surface area contributed by atoms with Crippen molar-refractivity contribution in [3.05, 3.63) is 72.1 Å². The number of hydrogen-bond acceptors (Lipinski definition) is 11. The topological polar surface area (TPSA) is 154 Å². The first-order valence-corrected chi connectivity index (χ1v) is 14.2. The number of fused-ring (bicyclic) bond motifs is 1. The number of esters is 2. The summed E-state index contributed by atoms with van der Waals surface area (Å²) in [5.41, 5.74) is 0.0511. The molecule has 0 amide bonds. The number of para-hydroxylation sites is 2. The number of nitrogens with zero attached hydrogens (tertiary/aromatic N) is 3. The Kier molecular flexibility index (Phi) is 8.63. The lowest BCUT2D eigenvalue weighted by Gasteiger charge is -2.39. The summed E-state index contributed by atoms with van der Waals surface area (Å²) < 4.78 is 37.7. The number of aromatic nitrogens is 2. The summed E-state index contributed by atoms with van der Waals surface area (Å²) >= 11 is 0. The smallest absolute Gasteiger partial charge is 0.361 e. The summed E-state index contributed by atoms with van der Waals surface area (Å²) in [5, 5.41) is 14.4. The quantitative estimate of drug-likeness (QED) is 0.261. The van der Waals surface area contributed by atoms with Crippen LogP contribution in [0.5, 0.6) is 0 Å². The van der Waals surface area contributed by atoms with Gasteiger partial charge in [-0.2, -0.15) is 5.10 Å². The Bertz CT molecular complexity index is 1480. The molecule has 1 aliphatic heterocycles. The van der Waals surface area contributed by atoms with Crippen LogP contribution in [0.3, 0.4) is 0 Å². The van der Waals surface area contributed by atoms with Crippen LogP contribution in [-0.2, 0) is 27.9 Å². The monoisotopic (exact) mass is 567 g/mol. The van der Waals surface area contributed by atoms with Gasteiger partial charge in [-0.1, -0.05) is 36.4 Å². The molecule has 40 heavy (non-hydrogen) atoms. The number of anilines is 1. The summed E-state index contributed by atoms with van der Waals surface area (Å²) in [5.74, 6) is -2.17. The number of rotatable bonds is 10. The van der Waals surface area contributed by atoms with Crippen molar-refractivity contribution in [1.29, 1.82) is 5.41 Å². The van der Waals surface area contributed by atoms with E-state index in [4.69, 9.17) is 18.5 Å². The van der Waals surface area contributed by atoms with Crippen molar-refractivity contribution in [2.45, 2.75) is 25.9 Å². The van der Waals surface area contributed by atoms with Crippen molar-refractivity contribution in [1.82, 2.24) is 9.78 Å². The molecular formula is C27H30N5O7P. The summed E-state index contributed by atoms with van der Waals surface area (Å²) in [6.45, 7) is 4.67. The molecule has 2 N–H and O–H groups in total. The summed E-state index contributed by atoms with van der Waals surface area (Å²) in [6.07, 6.45) is 0. The Labute approximate surface area is 231 Å². The van der Waals surface area contributed by atoms with E-state index in [1.54, 1.807) is 81.4 Å². The maximum atomic E-state index is 14.7. The SMILES string of the molecule is CCOC(=O)c1nn(-c2ccccc2)c2c1N=C(Nc1ccccc1)C(C(=O)OC)(P(=O)(OCC)OCC)C2=N. The third kappa shape index (κ3) is 4.74. The van der Waals surface area contributed by atoms with Crippen LogP contribution in [0, 0.1) is 5.41 Å². The minimum absolute atomic E-state index is 0.0511. The van der Waals surface area contributed by atoms with Gasteiger partial charge in [-0.3, -0.25) is 4.57 Å². The van der Waals surface area contributed by atoms with E-state index in [1.807, 2.05) is 0 Å². The van der Waals surface area contributed by atoms with Gasteiger partial charge in [-0.15, -0.1) is 0 Å². The third-order valence-electron chi connectivity index (χ3n) is 6.02. The molecule has 2 heterocycles. The molecular weight excluding hydrogens is 537 g/mol. The average molecular weight is 568 g/mol. The first-order valence-electron chi connectivity index (χ1n) is 12.6. The highest BCUT2D eigenvalue weighted by Crippen LogP contribution is 2.64. The second kappa shape index (κ2) is 12.0. The van der Waals surface area contributed by atoms with E-state index in [2.05, 4.69) is 15.4 Å². The highest BCUT2D eigenvalue weighted by atomic mass is 31.2. The second-order valence-corrected chi connectivity index (χ2v) is 10.6. The number of carbonyl (C=O) groups is 2. The van der Waals surface area contributed by atoms with Crippen LogP contribution in [0.25, 0.3) is 5.69 Å². The van der Waals surface area contributed by atoms with E-state index in [0.717, 1.165) is 7.11 Å². The second-order valence-electron chi connectivity index (χ2n) is 8.38. The van der Waals surface area contributed by atoms with E-state index in [9.17, 15) is 19.6 Å². The first-order chi connectivity index (χ1) is 19.3. The van der Waals surface area contributed by atoms with E-state index >= 15 is 0 Å². The van der Waals surface area contributed by atoms with Crippen LogP contribution >= 0.6 is 7.60 Å². The number of carbonyl (C=O) groups excluding carboxylic acids is 2. The van der Waals surface area contributed by atoms with Gasteiger partial charge in [0.1, 0.15) is 17.2 Å². The van der Waals surface area contributed by atoms with Gasteiger partial charge in [-0.05, 0) is 45.0 Å². The summed E-state index contributed by atoms with van der Waals surface area (Å²) in [7, 11) is -3.49. The van der Waals surface area contributed by atoms with Gasteiger partial charge < -0.3 is 29.2 Å². The maximum Gasteiger partial charge on any atom is 0.361 e. The van der Waals surface area contributed by atoms with Gasteiger partial charge in [0, 0.05) is 5.69 Å². The zero-order chi connectivity index (χ0) is 28.9. The molecule has 1 aromatic heterocycles. The predicted octanol–water partition coefficient (Wildman–Crippen LogP) is 4.75. The molecule has 210 valence electrons. The number of amidine groups is 1. The van der Waals surface area contributed by atoms with Crippen molar-refractivity contribution in [2.75, 3.05) is 32.2 Å². The number of ether oxygens (including phenoxy) is 2. The van der Waals surface area contributed by atoms with Gasteiger partial charge in [0.2, 0.25) is 0 Å². The van der Waals surface area contributed by atoms with E-state index < -0.39 is 30.4 Å². The summed E-state index contributed by atoms with van der Waals surface area (Å²) in [4.78, 5) is 31.5. The Balaban J connectivity index is 2.14. The molecule has 0 radical (unpaired) electrons. The van der Waals surface area contributed by atoms with Crippen LogP contribution in [0.4, 0.5) is 11.4 Å². The first kappa shape index (κ1) is 28.9. The molecule has 0 saturated carbocycles. The lowest BCUT2D eigenvalue weighted by atomic mass is 9.93. The van der Waals surface area contributed by atoms with Gasteiger partial charge in [-0.25, -0.2) is 19.3 Å². The van der Waals surface area contributed by atoms with Gasteiger partial charge >= 0.3 is 19.5 Å². The Morgan fingerprint density at radius 2 is 1.57 bits per heavy atom. The minimum Gasteiger partial charge on any atom is -0.467 e. The predicted molar refractivity (Wildman–Crippen MR) is 149 cm³/mol. The zero-order valence-electron chi connectivity index (χ0n) is 22.5. The third-order valence-corrected chi connectivity index (χ3v) is 8.66. The van der Waals surface area contributed by atoms with Crippen LogP contribution in [0.15, 0.2) is 65.7 Å². The molecule has 0 aliphatic carbocycles. The van der Waals surface area contributed by atoms with Crippen molar-refractivity contribution in [3.8, 4) is 5.69 Å². The Morgan fingerprint density at radius 1 is 0.975 bits per heavy atom. The van der Waals surface area contributed by atoms with E-state index in [-0.39, 0.29) is 42.7 Å². The largest absolute Gasteiger partial charge is 0.467 e. The van der Waals surface area contributed by atoms with Gasteiger partial charge in [0.15, 0.2) is 5.69 Å². The van der Waals surface area contributed by atoms with Gasteiger partial charge in [0.05, 0.1) is 38.3 Å². The fourth-order valence-corrected chi connectivity index (χ4v) is 6.59. The highest BCUT2D eigenvalue weighted by molar-refractivity contribution is 7.59. The molecule has 2 aromatic carbocycles. The van der Waals surface area contributed by atoms with Crippen molar-refractivity contribution < 1.29 is 32.7 Å². The van der Waals surface area contributed by atoms with Crippen LogP contribution in [-0.4, -0.2) is 65.4 Å². The molecule has 0 saturated heterocycles. The molecule has 1 atom stereocenters. The van der Waals surface area contributed by atoms with Crippen LogP contribution < -0.4 is 5.32 Å².